The fraction of sp³-hybridized carbons (Fsp3) is 0.562. The molecule has 142 valence electrons. The smallest absolute Gasteiger partial charge is 0.348 e. The average molecular weight is 399 g/mol. The van der Waals surface area contributed by atoms with Crippen LogP contribution in [0.15, 0.2) is 0 Å². The number of hydrogen-bond acceptors (Lipinski definition) is 7. The first kappa shape index (κ1) is 20.4. The highest BCUT2D eigenvalue weighted by Gasteiger charge is 2.30. The zero-order valence-electron chi connectivity index (χ0n) is 14.9. The molecule has 0 aliphatic carbocycles. The summed E-state index contributed by atoms with van der Waals surface area (Å²) in [5, 5.41) is 12.4. The lowest BCUT2D eigenvalue weighted by Gasteiger charge is -2.29. The number of esters is 1. The number of anilines is 1. The van der Waals surface area contributed by atoms with E-state index >= 15 is 0 Å². The largest absolute Gasteiger partial charge is 0.462 e. The van der Waals surface area contributed by atoms with Crippen molar-refractivity contribution in [2.45, 2.75) is 26.7 Å². The van der Waals surface area contributed by atoms with Crippen molar-refractivity contribution < 1.29 is 22.7 Å². The highest BCUT2D eigenvalue weighted by atomic mass is 32.2. The molecule has 10 heteroatoms. The molecule has 1 saturated heterocycles. The third-order valence-electron chi connectivity index (χ3n) is 4.25. The Labute approximate surface area is 156 Å². The number of amides is 1. The summed E-state index contributed by atoms with van der Waals surface area (Å²) in [5.41, 5.74) is 0.734. The molecular weight excluding hydrogens is 378 g/mol. The van der Waals surface area contributed by atoms with Gasteiger partial charge in [-0.15, -0.1) is 11.3 Å². The third-order valence-corrected chi connectivity index (χ3v) is 6.74. The van der Waals surface area contributed by atoms with Crippen LogP contribution >= 0.6 is 11.3 Å². The van der Waals surface area contributed by atoms with Gasteiger partial charge in [-0.3, -0.25) is 4.79 Å². The highest BCUT2D eigenvalue weighted by Crippen LogP contribution is 2.34. The van der Waals surface area contributed by atoms with Crippen LogP contribution in [-0.2, 0) is 19.6 Å². The fourth-order valence-corrected chi connectivity index (χ4v) is 4.72. The van der Waals surface area contributed by atoms with E-state index in [1.165, 1.54) is 4.31 Å². The van der Waals surface area contributed by atoms with E-state index in [0.29, 0.717) is 41.4 Å². The molecule has 0 radical (unpaired) electrons. The molecule has 1 aromatic rings. The molecule has 1 aliphatic heterocycles. The predicted octanol–water partition coefficient (Wildman–Crippen LogP) is 1.72. The van der Waals surface area contributed by atoms with Crippen LogP contribution in [-0.4, -0.2) is 50.6 Å². The molecule has 0 spiro atoms. The predicted molar refractivity (Wildman–Crippen MR) is 97.5 cm³/mol. The molecule has 26 heavy (non-hydrogen) atoms. The Kier molecular flexibility index (Phi) is 6.39. The van der Waals surface area contributed by atoms with Gasteiger partial charge < -0.3 is 10.1 Å². The molecule has 1 aliphatic rings. The maximum Gasteiger partial charge on any atom is 0.348 e. The van der Waals surface area contributed by atoms with Crippen molar-refractivity contribution in [1.29, 1.82) is 5.26 Å². The summed E-state index contributed by atoms with van der Waals surface area (Å²) in [6.07, 6.45) is 1.98. The summed E-state index contributed by atoms with van der Waals surface area (Å²) in [4.78, 5) is 24.8. The number of rotatable bonds is 5. The van der Waals surface area contributed by atoms with Crippen LogP contribution in [0.2, 0.25) is 0 Å². The Bertz CT molecular complexity index is 846. The van der Waals surface area contributed by atoms with Crippen molar-refractivity contribution in [2.75, 3.05) is 31.3 Å². The van der Waals surface area contributed by atoms with Crippen molar-refractivity contribution in [1.82, 2.24) is 4.31 Å². The first-order valence-electron chi connectivity index (χ1n) is 8.15. The van der Waals surface area contributed by atoms with E-state index in [1.54, 1.807) is 13.8 Å². The second-order valence-corrected chi connectivity index (χ2v) is 9.02. The van der Waals surface area contributed by atoms with Crippen LogP contribution in [0, 0.1) is 24.2 Å². The summed E-state index contributed by atoms with van der Waals surface area (Å²) in [5.74, 6) is -1.13. The number of hydrogen-bond donors (Lipinski definition) is 1. The molecule has 0 aromatic carbocycles. The van der Waals surface area contributed by atoms with E-state index in [4.69, 9.17) is 4.74 Å². The van der Waals surface area contributed by atoms with Crippen LogP contribution in [0.4, 0.5) is 5.00 Å². The molecule has 2 heterocycles. The number of sulfonamides is 1. The van der Waals surface area contributed by atoms with Crippen LogP contribution in [0.1, 0.15) is 40.6 Å². The van der Waals surface area contributed by atoms with Crippen molar-refractivity contribution in [3.63, 3.8) is 0 Å². The zero-order chi connectivity index (χ0) is 19.5. The minimum absolute atomic E-state index is 0.221. The molecule has 0 unspecified atom stereocenters. The van der Waals surface area contributed by atoms with Gasteiger partial charge in [0.15, 0.2) is 0 Å². The summed E-state index contributed by atoms with van der Waals surface area (Å²) in [6.45, 7) is 4.14. The lowest BCUT2D eigenvalue weighted by atomic mass is 9.97. The Morgan fingerprint density at radius 2 is 2.00 bits per heavy atom. The standard InChI is InChI=1S/C16H21N3O5S2/c1-4-24-16(21)13-10(2)12(9-17)15(25-13)18-14(20)11-5-7-19(8-6-11)26(3,22)23/h11H,4-8H2,1-3H3,(H,18,20). The highest BCUT2D eigenvalue weighted by molar-refractivity contribution is 7.88. The third kappa shape index (κ3) is 4.41. The molecule has 1 aromatic heterocycles. The average Bonchev–Trinajstić information content (AvgIpc) is 2.90. The topological polar surface area (TPSA) is 117 Å². The van der Waals surface area contributed by atoms with Gasteiger partial charge in [0, 0.05) is 19.0 Å². The second-order valence-electron chi connectivity index (χ2n) is 6.02. The fourth-order valence-electron chi connectivity index (χ4n) is 2.79. The summed E-state index contributed by atoms with van der Waals surface area (Å²) in [7, 11) is -3.25. The van der Waals surface area contributed by atoms with E-state index in [2.05, 4.69) is 5.32 Å². The lowest BCUT2D eigenvalue weighted by molar-refractivity contribution is -0.120. The van der Waals surface area contributed by atoms with Crippen molar-refractivity contribution >= 4 is 38.2 Å². The molecule has 8 nitrogen and oxygen atoms in total. The van der Waals surface area contributed by atoms with Crippen molar-refractivity contribution in [3.05, 3.63) is 16.0 Å². The van der Waals surface area contributed by atoms with E-state index < -0.39 is 16.0 Å². The molecule has 1 amide bonds. The lowest BCUT2D eigenvalue weighted by Crippen LogP contribution is -2.40. The van der Waals surface area contributed by atoms with Gasteiger partial charge in [-0.05, 0) is 32.3 Å². The Morgan fingerprint density at radius 1 is 1.38 bits per heavy atom. The first-order valence-corrected chi connectivity index (χ1v) is 10.8. The van der Waals surface area contributed by atoms with E-state index in [1.807, 2.05) is 6.07 Å². The van der Waals surface area contributed by atoms with E-state index in [-0.39, 0.29) is 24.0 Å². The Hall–Kier alpha value is -1.96. The number of carbonyl (C=O) groups excluding carboxylic acids is 2. The summed E-state index contributed by atoms with van der Waals surface area (Å²) >= 11 is 1.02. The van der Waals surface area contributed by atoms with Gasteiger partial charge in [-0.1, -0.05) is 0 Å². The number of nitriles is 1. The molecular formula is C16H21N3O5S2. The maximum atomic E-state index is 12.5. The molecule has 0 atom stereocenters. The maximum absolute atomic E-state index is 12.5. The molecule has 2 rings (SSSR count). The molecule has 1 fully saturated rings. The van der Waals surface area contributed by atoms with Gasteiger partial charge >= 0.3 is 5.97 Å². The molecule has 0 bridgehead atoms. The van der Waals surface area contributed by atoms with Gasteiger partial charge in [0.05, 0.1) is 18.4 Å². The number of thiophene rings is 1. The van der Waals surface area contributed by atoms with E-state index in [9.17, 15) is 23.3 Å². The van der Waals surface area contributed by atoms with Crippen molar-refractivity contribution in [3.8, 4) is 6.07 Å². The van der Waals surface area contributed by atoms with Gasteiger partial charge in [0.25, 0.3) is 0 Å². The van der Waals surface area contributed by atoms with Gasteiger partial charge in [0.2, 0.25) is 15.9 Å². The summed E-state index contributed by atoms with van der Waals surface area (Å²) < 4.78 is 29.4. The number of ether oxygens (including phenoxy) is 1. The number of nitrogens with one attached hydrogen (secondary N) is 1. The quantitative estimate of drug-likeness (QED) is 0.754. The SMILES string of the molecule is CCOC(=O)c1sc(NC(=O)C2CCN(S(C)(=O)=O)CC2)c(C#N)c1C. The van der Waals surface area contributed by atoms with Crippen molar-refractivity contribution in [2.24, 2.45) is 5.92 Å². The number of carbonyl (C=O) groups is 2. The monoisotopic (exact) mass is 399 g/mol. The molecule has 1 N–H and O–H groups in total. The number of piperidine rings is 1. The van der Waals surface area contributed by atoms with Gasteiger partial charge in [-0.25, -0.2) is 17.5 Å². The normalized spacial score (nSPS) is 16.1. The Balaban J connectivity index is 2.11. The van der Waals surface area contributed by atoms with Crippen LogP contribution in [0.3, 0.4) is 0 Å². The zero-order valence-corrected chi connectivity index (χ0v) is 16.5. The first-order chi connectivity index (χ1) is 12.2. The second kappa shape index (κ2) is 8.16. The molecule has 0 saturated carbocycles. The summed E-state index contributed by atoms with van der Waals surface area (Å²) in [6, 6.07) is 2.02. The minimum atomic E-state index is -3.25. The number of nitrogens with zero attached hydrogens (tertiary/aromatic N) is 2. The van der Waals surface area contributed by atoms with Crippen LogP contribution < -0.4 is 5.32 Å². The Morgan fingerprint density at radius 3 is 2.50 bits per heavy atom. The van der Waals surface area contributed by atoms with Crippen LogP contribution in [0.5, 0.6) is 0 Å². The van der Waals surface area contributed by atoms with E-state index in [0.717, 1.165) is 17.6 Å². The van der Waals surface area contributed by atoms with Gasteiger partial charge in [-0.2, -0.15) is 5.26 Å². The minimum Gasteiger partial charge on any atom is -0.462 e. The van der Waals surface area contributed by atoms with Crippen LogP contribution in [0.25, 0.3) is 0 Å². The van der Waals surface area contributed by atoms with Gasteiger partial charge in [0.1, 0.15) is 15.9 Å².